The van der Waals surface area contributed by atoms with Gasteiger partial charge < -0.3 is 0 Å². The second-order valence-electron chi connectivity index (χ2n) is 4.97. The van der Waals surface area contributed by atoms with Crippen molar-refractivity contribution < 1.29 is 9.59 Å². The van der Waals surface area contributed by atoms with Gasteiger partial charge in [0.1, 0.15) is 0 Å². The van der Waals surface area contributed by atoms with Crippen molar-refractivity contribution in [2.75, 3.05) is 4.90 Å². The Balaban J connectivity index is 1.79. The summed E-state index contributed by atoms with van der Waals surface area (Å²) in [5, 5.41) is 6.44. The molecule has 5 heteroatoms. The van der Waals surface area contributed by atoms with Crippen molar-refractivity contribution in [1.82, 2.24) is 10.2 Å². The molecule has 2 heterocycles. The summed E-state index contributed by atoms with van der Waals surface area (Å²) in [5.74, 6) is 0.146. The summed E-state index contributed by atoms with van der Waals surface area (Å²) in [7, 11) is 0. The SMILES string of the molecule is O=C1C2C3C=CC(C3)C2C(=O)N1c1cn[nH]c1. The molecule has 2 fully saturated rings. The first-order valence-electron chi connectivity index (χ1n) is 5.82. The van der Waals surface area contributed by atoms with E-state index < -0.39 is 0 Å². The Morgan fingerprint density at radius 2 is 1.82 bits per heavy atom. The number of anilines is 1. The molecule has 5 nitrogen and oxygen atoms in total. The van der Waals surface area contributed by atoms with Gasteiger partial charge in [0, 0.05) is 6.20 Å². The molecule has 1 aliphatic heterocycles. The van der Waals surface area contributed by atoms with Crippen LogP contribution < -0.4 is 4.90 Å². The third kappa shape index (κ3) is 0.970. The number of nitrogens with zero attached hydrogens (tertiary/aromatic N) is 2. The average molecular weight is 229 g/mol. The number of nitrogens with one attached hydrogen (secondary N) is 1. The fourth-order valence-electron chi connectivity index (χ4n) is 3.52. The smallest absolute Gasteiger partial charge is 0.238 e. The molecule has 4 atom stereocenters. The number of rotatable bonds is 1. The first kappa shape index (κ1) is 9.15. The van der Waals surface area contributed by atoms with Gasteiger partial charge in [-0.05, 0) is 18.3 Å². The molecule has 0 spiro atoms. The van der Waals surface area contributed by atoms with Crippen LogP contribution in [-0.2, 0) is 9.59 Å². The van der Waals surface area contributed by atoms with E-state index in [-0.39, 0.29) is 35.5 Å². The second-order valence-corrected chi connectivity index (χ2v) is 4.97. The van der Waals surface area contributed by atoms with Crippen LogP contribution in [0.25, 0.3) is 0 Å². The van der Waals surface area contributed by atoms with Crippen LogP contribution in [0.2, 0.25) is 0 Å². The lowest BCUT2D eigenvalue weighted by molar-refractivity contribution is -0.123. The van der Waals surface area contributed by atoms with E-state index in [0.29, 0.717) is 5.69 Å². The van der Waals surface area contributed by atoms with E-state index in [1.54, 1.807) is 6.20 Å². The maximum absolute atomic E-state index is 12.3. The number of carbonyl (C=O) groups excluding carboxylic acids is 2. The average Bonchev–Trinajstić information content (AvgIpc) is 3.03. The van der Waals surface area contributed by atoms with Crippen LogP contribution in [-0.4, -0.2) is 22.0 Å². The number of hydrogen-bond donors (Lipinski definition) is 1. The zero-order valence-electron chi connectivity index (χ0n) is 9.04. The summed E-state index contributed by atoms with van der Waals surface area (Å²) < 4.78 is 0. The number of carbonyl (C=O) groups is 2. The van der Waals surface area contributed by atoms with Gasteiger partial charge in [-0.1, -0.05) is 12.2 Å². The van der Waals surface area contributed by atoms with Gasteiger partial charge in [-0.25, -0.2) is 4.90 Å². The van der Waals surface area contributed by atoms with Gasteiger partial charge in [0.15, 0.2) is 0 Å². The van der Waals surface area contributed by atoms with Crippen LogP contribution >= 0.6 is 0 Å². The fraction of sp³-hybridized carbons (Fsp3) is 0.417. The molecular formula is C12H11N3O2. The van der Waals surface area contributed by atoms with E-state index in [4.69, 9.17) is 0 Å². The largest absolute Gasteiger partial charge is 0.284 e. The Morgan fingerprint density at radius 1 is 1.18 bits per heavy atom. The molecule has 1 aromatic rings. The van der Waals surface area contributed by atoms with E-state index >= 15 is 0 Å². The topological polar surface area (TPSA) is 66.1 Å². The quantitative estimate of drug-likeness (QED) is 0.570. The predicted molar refractivity (Wildman–Crippen MR) is 58.8 cm³/mol. The highest BCUT2D eigenvalue weighted by molar-refractivity contribution is 6.22. The molecule has 1 N–H and O–H groups in total. The van der Waals surface area contributed by atoms with Crippen LogP contribution in [0.1, 0.15) is 6.42 Å². The van der Waals surface area contributed by atoms with Crippen LogP contribution in [0.4, 0.5) is 5.69 Å². The Hall–Kier alpha value is -1.91. The molecule has 2 aliphatic carbocycles. The van der Waals surface area contributed by atoms with Gasteiger partial charge >= 0.3 is 0 Å². The Morgan fingerprint density at radius 3 is 2.35 bits per heavy atom. The molecule has 3 aliphatic rings. The number of aromatic nitrogens is 2. The summed E-state index contributed by atoms with van der Waals surface area (Å²) in [6.07, 6.45) is 8.26. The van der Waals surface area contributed by atoms with Gasteiger partial charge in [-0.2, -0.15) is 5.10 Å². The van der Waals surface area contributed by atoms with Crippen LogP contribution in [0, 0.1) is 23.7 Å². The normalized spacial score (nSPS) is 38.2. The standard InChI is InChI=1S/C12H11N3O2/c16-11-9-6-1-2-7(3-6)10(9)12(17)15(11)8-4-13-14-5-8/h1-2,4-7,9-10H,3H2,(H,13,14). The molecule has 1 saturated heterocycles. The highest BCUT2D eigenvalue weighted by Gasteiger charge is 2.59. The molecule has 4 rings (SSSR count). The summed E-state index contributed by atoms with van der Waals surface area (Å²) in [5.41, 5.74) is 0.564. The van der Waals surface area contributed by atoms with Crippen LogP contribution in [0.3, 0.4) is 0 Å². The van der Waals surface area contributed by atoms with E-state index in [2.05, 4.69) is 22.3 Å². The fourth-order valence-corrected chi connectivity index (χ4v) is 3.52. The molecule has 2 bridgehead atoms. The minimum absolute atomic E-state index is 0.0572. The summed E-state index contributed by atoms with van der Waals surface area (Å²) in [6.45, 7) is 0. The maximum Gasteiger partial charge on any atom is 0.238 e. The zero-order valence-corrected chi connectivity index (χ0v) is 9.04. The van der Waals surface area contributed by atoms with Crippen molar-refractivity contribution in [1.29, 1.82) is 0 Å². The van der Waals surface area contributed by atoms with E-state index in [1.807, 2.05) is 0 Å². The lowest BCUT2D eigenvalue weighted by Crippen LogP contribution is -2.32. The molecule has 0 radical (unpaired) electrons. The minimum Gasteiger partial charge on any atom is -0.284 e. The summed E-state index contributed by atoms with van der Waals surface area (Å²) in [4.78, 5) is 25.9. The molecule has 86 valence electrons. The molecule has 4 unspecified atom stereocenters. The molecule has 2 amide bonds. The van der Waals surface area contributed by atoms with E-state index in [9.17, 15) is 9.59 Å². The van der Waals surface area contributed by atoms with E-state index in [1.165, 1.54) is 11.1 Å². The Labute approximate surface area is 97.5 Å². The first-order chi connectivity index (χ1) is 8.27. The van der Waals surface area contributed by atoms with Crippen molar-refractivity contribution in [3.05, 3.63) is 24.5 Å². The third-order valence-electron chi connectivity index (χ3n) is 4.21. The van der Waals surface area contributed by atoms with Crippen molar-refractivity contribution >= 4 is 17.5 Å². The third-order valence-corrected chi connectivity index (χ3v) is 4.21. The van der Waals surface area contributed by atoms with Gasteiger partial charge in [-0.15, -0.1) is 0 Å². The molecule has 1 saturated carbocycles. The highest BCUT2D eigenvalue weighted by atomic mass is 16.2. The van der Waals surface area contributed by atoms with Crippen molar-refractivity contribution in [3.63, 3.8) is 0 Å². The maximum atomic E-state index is 12.3. The second kappa shape index (κ2) is 2.85. The highest BCUT2D eigenvalue weighted by Crippen LogP contribution is 2.53. The predicted octanol–water partition coefficient (Wildman–Crippen LogP) is 0.721. The van der Waals surface area contributed by atoms with Gasteiger partial charge in [0.25, 0.3) is 0 Å². The number of hydrogen-bond acceptors (Lipinski definition) is 3. The molecule has 1 aromatic heterocycles. The van der Waals surface area contributed by atoms with Gasteiger partial charge in [0.05, 0.1) is 23.7 Å². The van der Waals surface area contributed by atoms with Gasteiger partial charge in [0.2, 0.25) is 11.8 Å². The van der Waals surface area contributed by atoms with E-state index in [0.717, 1.165) is 6.42 Å². The lowest BCUT2D eigenvalue weighted by atomic mass is 9.85. The Kier molecular flexibility index (Phi) is 1.54. The minimum atomic E-state index is -0.132. The Bertz CT molecular complexity index is 504. The molecule has 0 aromatic carbocycles. The number of imide groups is 1. The van der Waals surface area contributed by atoms with Crippen molar-refractivity contribution in [3.8, 4) is 0 Å². The lowest BCUT2D eigenvalue weighted by Gasteiger charge is -2.14. The van der Waals surface area contributed by atoms with Crippen molar-refractivity contribution in [2.45, 2.75) is 6.42 Å². The van der Waals surface area contributed by atoms with Crippen molar-refractivity contribution in [2.24, 2.45) is 23.7 Å². The number of allylic oxidation sites excluding steroid dienone is 2. The molecule has 17 heavy (non-hydrogen) atoms. The number of H-pyrrole nitrogens is 1. The molecular weight excluding hydrogens is 218 g/mol. The van der Waals surface area contributed by atoms with Crippen LogP contribution in [0.5, 0.6) is 0 Å². The summed E-state index contributed by atoms with van der Waals surface area (Å²) in [6, 6.07) is 0. The monoisotopic (exact) mass is 229 g/mol. The number of fused-ring (bicyclic) bond motifs is 5. The summed E-state index contributed by atoms with van der Waals surface area (Å²) >= 11 is 0. The number of amides is 2. The number of aromatic amines is 1. The zero-order chi connectivity index (χ0) is 11.6. The first-order valence-corrected chi connectivity index (χ1v) is 5.82. The van der Waals surface area contributed by atoms with Crippen LogP contribution in [0.15, 0.2) is 24.5 Å². The van der Waals surface area contributed by atoms with Gasteiger partial charge in [-0.3, -0.25) is 14.7 Å².